The molecule has 1 fully saturated rings. The molecule has 1 aliphatic rings. The van der Waals surface area contributed by atoms with Crippen molar-refractivity contribution < 1.29 is 9.21 Å². The summed E-state index contributed by atoms with van der Waals surface area (Å²) in [6.07, 6.45) is 6.62. The van der Waals surface area contributed by atoms with Crippen LogP contribution in [0.4, 0.5) is 0 Å². The Morgan fingerprint density at radius 3 is 2.75 bits per heavy atom. The van der Waals surface area contributed by atoms with E-state index in [0.717, 1.165) is 25.2 Å². The fourth-order valence-electron chi connectivity index (χ4n) is 2.69. The van der Waals surface area contributed by atoms with Gasteiger partial charge in [0.25, 0.3) is 5.91 Å². The Balaban J connectivity index is 1.58. The fourth-order valence-corrected chi connectivity index (χ4v) is 2.69. The molecular weight excluding hydrogens is 304 g/mol. The minimum Gasteiger partial charge on any atom is -0.465 e. The second-order valence-corrected chi connectivity index (χ2v) is 5.61. The van der Waals surface area contributed by atoms with E-state index in [1.165, 1.54) is 12.3 Å². The highest BCUT2D eigenvalue weighted by atomic mass is 16.3. The van der Waals surface area contributed by atoms with Crippen LogP contribution in [0.25, 0.3) is 6.08 Å². The number of pyridine rings is 1. The van der Waals surface area contributed by atoms with Gasteiger partial charge in [0.05, 0.1) is 6.26 Å². The monoisotopic (exact) mass is 322 g/mol. The normalized spacial score (nSPS) is 16.0. The zero-order valence-corrected chi connectivity index (χ0v) is 13.3. The Kier molecular flexibility index (Phi) is 5.04. The zero-order valence-electron chi connectivity index (χ0n) is 13.3. The number of piperazine rings is 1. The minimum atomic E-state index is -0.241. The molecule has 0 atom stereocenters. The summed E-state index contributed by atoms with van der Waals surface area (Å²) in [6, 6.07) is 9.39. The van der Waals surface area contributed by atoms with Crippen LogP contribution in [0.5, 0.6) is 0 Å². The number of amides is 1. The predicted octanol–water partition coefficient (Wildman–Crippen LogP) is 1.93. The van der Waals surface area contributed by atoms with Crippen LogP contribution in [-0.4, -0.2) is 46.9 Å². The maximum atomic E-state index is 12.5. The van der Waals surface area contributed by atoms with E-state index in [2.05, 4.69) is 9.88 Å². The van der Waals surface area contributed by atoms with Crippen molar-refractivity contribution in [3.8, 4) is 6.07 Å². The van der Waals surface area contributed by atoms with Gasteiger partial charge in [-0.2, -0.15) is 5.26 Å². The van der Waals surface area contributed by atoms with Gasteiger partial charge in [-0.3, -0.25) is 14.7 Å². The average molecular weight is 322 g/mol. The molecular formula is C18H18N4O2. The van der Waals surface area contributed by atoms with E-state index < -0.39 is 0 Å². The first kappa shape index (κ1) is 16.0. The van der Waals surface area contributed by atoms with Crippen LogP contribution in [-0.2, 0) is 11.3 Å². The van der Waals surface area contributed by atoms with Crippen LogP contribution < -0.4 is 0 Å². The Morgan fingerprint density at radius 1 is 1.29 bits per heavy atom. The molecule has 0 spiro atoms. The highest BCUT2D eigenvalue weighted by Gasteiger charge is 2.23. The third-order valence-corrected chi connectivity index (χ3v) is 3.97. The lowest BCUT2D eigenvalue weighted by Crippen LogP contribution is -2.48. The van der Waals surface area contributed by atoms with E-state index in [1.54, 1.807) is 23.2 Å². The second kappa shape index (κ2) is 7.57. The summed E-state index contributed by atoms with van der Waals surface area (Å²) in [5, 5.41) is 9.25. The molecule has 6 nitrogen and oxygen atoms in total. The van der Waals surface area contributed by atoms with Crippen LogP contribution in [0.15, 0.2) is 52.9 Å². The van der Waals surface area contributed by atoms with Gasteiger partial charge in [-0.1, -0.05) is 6.07 Å². The summed E-state index contributed by atoms with van der Waals surface area (Å²) in [6.45, 7) is 3.59. The summed E-state index contributed by atoms with van der Waals surface area (Å²) >= 11 is 0. The number of rotatable bonds is 4. The standard InChI is InChI=1S/C18H18N4O2/c19-12-16(11-17-4-2-10-24-17)18(23)22-8-6-21(7-9-22)14-15-3-1-5-20-13-15/h1-5,10-11,13H,6-9,14H2/b16-11-. The molecule has 0 bridgehead atoms. The average Bonchev–Trinajstić information content (AvgIpc) is 3.14. The smallest absolute Gasteiger partial charge is 0.264 e. The third-order valence-electron chi connectivity index (χ3n) is 3.97. The molecule has 0 radical (unpaired) electrons. The van der Waals surface area contributed by atoms with E-state index in [9.17, 15) is 10.1 Å². The van der Waals surface area contributed by atoms with Crippen LogP contribution in [0.1, 0.15) is 11.3 Å². The Labute approximate surface area is 140 Å². The molecule has 0 saturated carbocycles. The SMILES string of the molecule is N#C/C(=C/c1ccco1)C(=O)N1CCN(Cc2cccnc2)CC1. The number of carbonyl (C=O) groups excluding carboxylic acids is 1. The molecule has 3 rings (SSSR count). The molecule has 2 aromatic rings. The lowest BCUT2D eigenvalue weighted by molar-refractivity contribution is -0.128. The molecule has 2 aromatic heterocycles. The maximum Gasteiger partial charge on any atom is 0.264 e. The minimum absolute atomic E-state index is 0.102. The molecule has 0 aliphatic carbocycles. The molecule has 122 valence electrons. The van der Waals surface area contributed by atoms with Crippen LogP contribution >= 0.6 is 0 Å². The van der Waals surface area contributed by atoms with Crippen molar-refractivity contribution in [2.24, 2.45) is 0 Å². The number of aromatic nitrogens is 1. The molecule has 1 amide bonds. The lowest BCUT2D eigenvalue weighted by Gasteiger charge is -2.34. The van der Waals surface area contributed by atoms with Crippen LogP contribution in [0.3, 0.4) is 0 Å². The van der Waals surface area contributed by atoms with Crippen molar-refractivity contribution >= 4 is 12.0 Å². The molecule has 0 unspecified atom stereocenters. The molecule has 24 heavy (non-hydrogen) atoms. The molecule has 3 heterocycles. The molecule has 1 aliphatic heterocycles. The Bertz CT molecular complexity index is 739. The summed E-state index contributed by atoms with van der Waals surface area (Å²) in [5.41, 5.74) is 1.26. The van der Waals surface area contributed by atoms with Gasteiger partial charge in [-0.25, -0.2) is 0 Å². The van der Waals surface area contributed by atoms with Crippen molar-refractivity contribution in [2.75, 3.05) is 26.2 Å². The fraction of sp³-hybridized carbons (Fsp3) is 0.278. The van der Waals surface area contributed by atoms with Crippen molar-refractivity contribution in [3.63, 3.8) is 0 Å². The van der Waals surface area contributed by atoms with Crippen LogP contribution in [0.2, 0.25) is 0 Å². The predicted molar refractivity (Wildman–Crippen MR) is 88.4 cm³/mol. The summed E-state index contributed by atoms with van der Waals surface area (Å²) < 4.78 is 5.17. The largest absolute Gasteiger partial charge is 0.465 e. The number of furan rings is 1. The van der Waals surface area contributed by atoms with Gasteiger partial charge in [0.15, 0.2) is 0 Å². The molecule has 0 aromatic carbocycles. The first-order valence-electron chi connectivity index (χ1n) is 7.82. The quantitative estimate of drug-likeness (QED) is 0.635. The van der Waals surface area contributed by atoms with Gasteiger partial charge in [-0.05, 0) is 23.8 Å². The Morgan fingerprint density at radius 2 is 2.12 bits per heavy atom. The highest BCUT2D eigenvalue weighted by Crippen LogP contribution is 2.13. The molecule has 1 saturated heterocycles. The first-order chi connectivity index (χ1) is 11.8. The second-order valence-electron chi connectivity index (χ2n) is 5.61. The number of hydrogen-bond acceptors (Lipinski definition) is 5. The third kappa shape index (κ3) is 3.89. The van der Waals surface area contributed by atoms with Gasteiger partial charge in [-0.15, -0.1) is 0 Å². The lowest BCUT2D eigenvalue weighted by atomic mass is 10.2. The summed E-state index contributed by atoms with van der Waals surface area (Å²) in [5.74, 6) is 0.269. The van der Waals surface area contributed by atoms with Gasteiger partial charge < -0.3 is 9.32 Å². The van der Waals surface area contributed by atoms with Gasteiger partial charge >= 0.3 is 0 Å². The molecule has 0 N–H and O–H groups in total. The summed E-state index contributed by atoms with van der Waals surface area (Å²) in [7, 11) is 0. The van der Waals surface area contributed by atoms with E-state index in [-0.39, 0.29) is 11.5 Å². The maximum absolute atomic E-state index is 12.5. The van der Waals surface area contributed by atoms with Crippen molar-refractivity contribution in [3.05, 3.63) is 59.8 Å². The number of hydrogen-bond donors (Lipinski definition) is 0. The summed E-state index contributed by atoms with van der Waals surface area (Å²) in [4.78, 5) is 20.6. The topological polar surface area (TPSA) is 73.4 Å². The van der Waals surface area contributed by atoms with Gasteiger partial charge in [0.2, 0.25) is 0 Å². The van der Waals surface area contributed by atoms with Crippen molar-refractivity contribution in [1.29, 1.82) is 5.26 Å². The Hall–Kier alpha value is -2.91. The number of nitrogens with zero attached hydrogens (tertiary/aromatic N) is 4. The number of carbonyl (C=O) groups is 1. The highest BCUT2D eigenvalue weighted by molar-refractivity contribution is 6.01. The zero-order chi connectivity index (χ0) is 16.8. The first-order valence-corrected chi connectivity index (χ1v) is 7.82. The van der Waals surface area contributed by atoms with Crippen molar-refractivity contribution in [2.45, 2.75) is 6.54 Å². The van der Waals surface area contributed by atoms with Gasteiger partial charge in [0.1, 0.15) is 17.4 Å². The van der Waals surface area contributed by atoms with Gasteiger partial charge in [0, 0.05) is 51.2 Å². The number of nitriles is 1. The van der Waals surface area contributed by atoms with E-state index in [1.807, 2.05) is 24.4 Å². The van der Waals surface area contributed by atoms with E-state index in [0.29, 0.717) is 18.8 Å². The van der Waals surface area contributed by atoms with E-state index in [4.69, 9.17) is 4.42 Å². The van der Waals surface area contributed by atoms with Crippen molar-refractivity contribution in [1.82, 2.24) is 14.8 Å². The molecule has 6 heteroatoms. The van der Waals surface area contributed by atoms with E-state index >= 15 is 0 Å². The van der Waals surface area contributed by atoms with Crippen LogP contribution in [0, 0.1) is 11.3 Å².